The molecule has 5 heteroatoms. The standard InChI is InChI=1S/C10H6BrN3O/c11-6-2-1-3-7-9(6)13-10(15)8-4-12-5-14(7)8/h1-5H,(H,13,15). The molecule has 3 aromatic rings. The molecular weight excluding hydrogens is 258 g/mol. The number of imidazole rings is 1. The van der Waals surface area contributed by atoms with Gasteiger partial charge in [-0.2, -0.15) is 0 Å². The van der Waals surface area contributed by atoms with Gasteiger partial charge in [0.2, 0.25) is 0 Å². The van der Waals surface area contributed by atoms with Gasteiger partial charge in [-0.25, -0.2) is 4.98 Å². The van der Waals surface area contributed by atoms with Crippen LogP contribution >= 0.6 is 15.9 Å². The highest BCUT2D eigenvalue weighted by atomic mass is 79.9. The summed E-state index contributed by atoms with van der Waals surface area (Å²) >= 11 is 3.40. The highest BCUT2D eigenvalue weighted by Gasteiger charge is 2.06. The number of nitrogens with zero attached hydrogens (tertiary/aromatic N) is 2. The summed E-state index contributed by atoms with van der Waals surface area (Å²) in [5.74, 6) is 0. The molecule has 1 aromatic carbocycles. The molecule has 4 nitrogen and oxygen atoms in total. The van der Waals surface area contributed by atoms with E-state index in [4.69, 9.17) is 0 Å². The van der Waals surface area contributed by atoms with Crippen LogP contribution in [0.1, 0.15) is 0 Å². The van der Waals surface area contributed by atoms with E-state index in [-0.39, 0.29) is 5.56 Å². The Labute approximate surface area is 92.7 Å². The SMILES string of the molecule is O=c1[nH]c2c(Br)cccc2n2cncc12. The minimum Gasteiger partial charge on any atom is -0.318 e. The monoisotopic (exact) mass is 263 g/mol. The van der Waals surface area contributed by atoms with E-state index in [1.165, 1.54) is 0 Å². The zero-order valence-corrected chi connectivity index (χ0v) is 9.15. The summed E-state index contributed by atoms with van der Waals surface area (Å²) in [4.78, 5) is 18.5. The average molecular weight is 264 g/mol. The van der Waals surface area contributed by atoms with Crippen LogP contribution in [-0.4, -0.2) is 14.4 Å². The van der Waals surface area contributed by atoms with Crippen LogP contribution in [0.4, 0.5) is 0 Å². The van der Waals surface area contributed by atoms with Gasteiger partial charge in [0.25, 0.3) is 5.56 Å². The zero-order valence-electron chi connectivity index (χ0n) is 7.57. The van der Waals surface area contributed by atoms with Crippen LogP contribution < -0.4 is 5.56 Å². The molecule has 2 aromatic heterocycles. The van der Waals surface area contributed by atoms with Gasteiger partial charge >= 0.3 is 0 Å². The number of rotatable bonds is 0. The molecular formula is C10H6BrN3O. The number of para-hydroxylation sites is 1. The number of hydrogen-bond acceptors (Lipinski definition) is 2. The maximum Gasteiger partial charge on any atom is 0.274 e. The lowest BCUT2D eigenvalue weighted by molar-refractivity contribution is 1.16. The lowest BCUT2D eigenvalue weighted by atomic mass is 10.3. The number of nitrogens with one attached hydrogen (secondary N) is 1. The van der Waals surface area contributed by atoms with E-state index in [1.54, 1.807) is 16.9 Å². The van der Waals surface area contributed by atoms with Gasteiger partial charge in [-0.05, 0) is 28.1 Å². The quantitative estimate of drug-likeness (QED) is 0.674. The number of H-pyrrole nitrogens is 1. The van der Waals surface area contributed by atoms with Crippen LogP contribution in [0.2, 0.25) is 0 Å². The minimum atomic E-state index is -0.132. The van der Waals surface area contributed by atoms with E-state index in [0.29, 0.717) is 5.52 Å². The van der Waals surface area contributed by atoms with Crippen LogP contribution in [0, 0.1) is 0 Å². The van der Waals surface area contributed by atoms with E-state index in [1.807, 2.05) is 18.2 Å². The van der Waals surface area contributed by atoms with Crippen molar-refractivity contribution in [2.45, 2.75) is 0 Å². The first-order valence-corrected chi connectivity index (χ1v) is 5.19. The number of halogens is 1. The molecule has 0 spiro atoms. The van der Waals surface area contributed by atoms with Crippen LogP contribution in [-0.2, 0) is 0 Å². The minimum absolute atomic E-state index is 0.132. The van der Waals surface area contributed by atoms with Crippen molar-refractivity contribution in [3.63, 3.8) is 0 Å². The van der Waals surface area contributed by atoms with E-state index >= 15 is 0 Å². The van der Waals surface area contributed by atoms with Crippen LogP contribution in [0.5, 0.6) is 0 Å². The van der Waals surface area contributed by atoms with Crippen molar-refractivity contribution >= 4 is 32.5 Å². The maximum atomic E-state index is 11.7. The predicted octanol–water partition coefficient (Wildman–Crippen LogP) is 1.94. The second-order valence-corrected chi connectivity index (χ2v) is 4.09. The van der Waals surface area contributed by atoms with Gasteiger partial charge in [0.05, 0.1) is 23.6 Å². The van der Waals surface area contributed by atoms with Crippen LogP contribution in [0.25, 0.3) is 16.6 Å². The summed E-state index contributed by atoms with van der Waals surface area (Å²) in [5, 5.41) is 0. The van der Waals surface area contributed by atoms with Crippen molar-refractivity contribution in [1.82, 2.24) is 14.4 Å². The lowest BCUT2D eigenvalue weighted by Crippen LogP contribution is -2.09. The molecule has 1 N–H and O–H groups in total. The topological polar surface area (TPSA) is 50.2 Å². The van der Waals surface area contributed by atoms with Gasteiger partial charge < -0.3 is 4.98 Å². The normalized spacial score (nSPS) is 11.3. The Bertz CT molecular complexity index is 713. The van der Waals surface area contributed by atoms with Crippen molar-refractivity contribution in [2.24, 2.45) is 0 Å². The zero-order chi connectivity index (χ0) is 10.4. The molecule has 2 heterocycles. The van der Waals surface area contributed by atoms with E-state index in [0.717, 1.165) is 15.5 Å². The molecule has 0 aliphatic carbocycles. The Morgan fingerprint density at radius 3 is 3.07 bits per heavy atom. The van der Waals surface area contributed by atoms with Gasteiger partial charge in [0.15, 0.2) is 0 Å². The summed E-state index contributed by atoms with van der Waals surface area (Å²) in [7, 11) is 0. The highest BCUT2D eigenvalue weighted by molar-refractivity contribution is 9.10. The van der Waals surface area contributed by atoms with Gasteiger partial charge in [-0.1, -0.05) is 6.07 Å². The van der Waals surface area contributed by atoms with Crippen LogP contribution in [0.3, 0.4) is 0 Å². The number of aromatic nitrogens is 3. The molecule has 0 unspecified atom stereocenters. The summed E-state index contributed by atoms with van der Waals surface area (Å²) in [6, 6.07) is 5.75. The first-order chi connectivity index (χ1) is 7.27. The molecule has 0 saturated heterocycles. The first kappa shape index (κ1) is 8.67. The van der Waals surface area contributed by atoms with Crippen molar-refractivity contribution in [3.05, 3.63) is 45.5 Å². The number of aromatic amines is 1. The van der Waals surface area contributed by atoms with E-state index in [2.05, 4.69) is 25.9 Å². The first-order valence-electron chi connectivity index (χ1n) is 4.40. The Morgan fingerprint density at radius 1 is 1.33 bits per heavy atom. The van der Waals surface area contributed by atoms with Crippen molar-refractivity contribution in [3.8, 4) is 0 Å². The van der Waals surface area contributed by atoms with Crippen molar-refractivity contribution in [1.29, 1.82) is 0 Å². The number of fused-ring (bicyclic) bond motifs is 3. The average Bonchev–Trinajstić information content (AvgIpc) is 2.69. The third kappa shape index (κ3) is 1.13. The molecule has 15 heavy (non-hydrogen) atoms. The summed E-state index contributed by atoms with van der Waals surface area (Å²) in [6.45, 7) is 0. The Kier molecular flexibility index (Phi) is 1.70. The number of benzene rings is 1. The third-order valence-corrected chi connectivity index (χ3v) is 3.02. The van der Waals surface area contributed by atoms with Gasteiger partial charge in [0.1, 0.15) is 5.52 Å². The smallest absolute Gasteiger partial charge is 0.274 e. The highest BCUT2D eigenvalue weighted by Crippen LogP contribution is 2.20. The van der Waals surface area contributed by atoms with E-state index in [9.17, 15) is 4.79 Å². The summed E-state index contributed by atoms with van der Waals surface area (Å²) < 4.78 is 2.64. The summed E-state index contributed by atoms with van der Waals surface area (Å²) in [6.07, 6.45) is 3.19. The molecule has 0 bridgehead atoms. The second-order valence-electron chi connectivity index (χ2n) is 3.24. The largest absolute Gasteiger partial charge is 0.318 e. The summed E-state index contributed by atoms with van der Waals surface area (Å²) in [5.41, 5.74) is 2.14. The van der Waals surface area contributed by atoms with Crippen LogP contribution in [0.15, 0.2) is 40.0 Å². The van der Waals surface area contributed by atoms with Gasteiger partial charge in [-0.15, -0.1) is 0 Å². The molecule has 0 amide bonds. The lowest BCUT2D eigenvalue weighted by Gasteiger charge is -2.02. The fraction of sp³-hybridized carbons (Fsp3) is 0. The third-order valence-electron chi connectivity index (χ3n) is 2.36. The predicted molar refractivity (Wildman–Crippen MR) is 61.0 cm³/mol. The number of hydrogen-bond donors (Lipinski definition) is 1. The second kappa shape index (κ2) is 2.93. The van der Waals surface area contributed by atoms with Crippen molar-refractivity contribution < 1.29 is 0 Å². The maximum absolute atomic E-state index is 11.7. The molecule has 0 radical (unpaired) electrons. The molecule has 74 valence electrons. The van der Waals surface area contributed by atoms with Gasteiger partial charge in [-0.3, -0.25) is 9.20 Å². The molecule has 0 atom stereocenters. The molecule has 0 saturated carbocycles. The van der Waals surface area contributed by atoms with Gasteiger partial charge in [0, 0.05) is 4.47 Å². The molecule has 0 aliphatic heterocycles. The molecule has 3 rings (SSSR count). The Hall–Kier alpha value is -1.62. The molecule has 0 aliphatic rings. The van der Waals surface area contributed by atoms with E-state index < -0.39 is 0 Å². The Morgan fingerprint density at radius 2 is 2.20 bits per heavy atom. The fourth-order valence-corrected chi connectivity index (χ4v) is 2.12. The Balaban J connectivity index is 2.72. The molecule has 0 fully saturated rings. The van der Waals surface area contributed by atoms with Crippen molar-refractivity contribution in [2.75, 3.05) is 0 Å². The fourth-order valence-electron chi connectivity index (χ4n) is 1.67.